The Hall–Kier alpha value is -4.40. The Labute approximate surface area is 227 Å². The molecule has 0 radical (unpaired) electrons. The number of amides is 2. The van der Waals surface area contributed by atoms with Crippen LogP contribution in [0.5, 0.6) is 0 Å². The number of nitrogens with zero attached hydrogens (tertiary/aromatic N) is 4. The number of aromatic nitrogens is 3. The van der Waals surface area contributed by atoms with Crippen LogP contribution < -0.4 is 5.32 Å². The molecule has 1 fully saturated rings. The number of nitrogens with one attached hydrogen (secondary N) is 1. The van der Waals surface area contributed by atoms with Crippen LogP contribution >= 0.6 is 0 Å². The first kappa shape index (κ1) is 26.2. The Morgan fingerprint density at radius 2 is 1.85 bits per heavy atom. The van der Waals surface area contributed by atoms with Crippen molar-refractivity contribution in [3.63, 3.8) is 0 Å². The van der Waals surface area contributed by atoms with Gasteiger partial charge in [0.05, 0.1) is 11.2 Å². The largest absolute Gasteiger partial charge is 0.445 e. The van der Waals surface area contributed by atoms with Gasteiger partial charge in [-0.2, -0.15) is 5.10 Å². The number of carbonyl (C=O) groups is 2. The van der Waals surface area contributed by atoms with E-state index in [1.807, 2.05) is 80.9 Å². The summed E-state index contributed by atoms with van der Waals surface area (Å²) in [5, 5.41) is 7.22. The zero-order valence-electron chi connectivity index (χ0n) is 22.7. The van der Waals surface area contributed by atoms with Crippen LogP contribution in [-0.4, -0.2) is 50.4 Å². The van der Waals surface area contributed by atoms with Gasteiger partial charge in [-0.25, -0.2) is 19.1 Å². The summed E-state index contributed by atoms with van der Waals surface area (Å²) in [6.45, 7) is 9.44. The summed E-state index contributed by atoms with van der Waals surface area (Å²) in [6, 6.07) is 17.7. The normalized spacial score (nSPS) is 13.7. The summed E-state index contributed by atoms with van der Waals surface area (Å²) in [5.74, 6) is 0.226. The molecular formula is C30H33N5O4. The summed E-state index contributed by atoms with van der Waals surface area (Å²) in [4.78, 5) is 30.8. The minimum absolute atomic E-state index is 0.226. The van der Waals surface area contributed by atoms with Crippen molar-refractivity contribution < 1.29 is 19.1 Å². The first-order valence-corrected chi connectivity index (χ1v) is 13.0. The molecule has 4 aromatic rings. The summed E-state index contributed by atoms with van der Waals surface area (Å²) in [6.07, 6.45) is 2.82. The van der Waals surface area contributed by atoms with E-state index >= 15 is 0 Å². The number of rotatable bonds is 6. The fraction of sp³-hybridized carbons (Fsp3) is 0.333. The molecule has 9 heteroatoms. The molecule has 0 atom stereocenters. The first-order valence-electron chi connectivity index (χ1n) is 13.0. The third kappa shape index (κ3) is 6.19. The standard InChI is InChI=1S/C30H33N5O4/c1-20-12-22(10-11-23(20)14-31-28(36)38-18-21-8-6-5-7-9-21)27-26-13-24(17-35(26)33-19-32-27)25-15-34(16-25)29(37)39-30(2,3)4/h5-13,17,19,25H,14-16,18H2,1-4H3,(H,31,36). The summed E-state index contributed by atoms with van der Waals surface area (Å²) >= 11 is 0. The zero-order valence-corrected chi connectivity index (χ0v) is 22.7. The lowest BCUT2D eigenvalue weighted by Crippen LogP contribution is -2.50. The van der Waals surface area contributed by atoms with Crippen molar-refractivity contribution in [1.29, 1.82) is 0 Å². The molecule has 0 unspecified atom stereocenters. The van der Waals surface area contributed by atoms with Gasteiger partial charge in [0.1, 0.15) is 18.5 Å². The highest BCUT2D eigenvalue weighted by Crippen LogP contribution is 2.32. The van der Waals surface area contributed by atoms with Crippen LogP contribution in [-0.2, 0) is 22.6 Å². The molecule has 3 heterocycles. The van der Waals surface area contributed by atoms with Crippen molar-refractivity contribution in [1.82, 2.24) is 24.8 Å². The van der Waals surface area contributed by atoms with Crippen molar-refractivity contribution in [2.75, 3.05) is 13.1 Å². The van der Waals surface area contributed by atoms with E-state index in [-0.39, 0.29) is 18.6 Å². The van der Waals surface area contributed by atoms with E-state index in [0.29, 0.717) is 19.6 Å². The number of alkyl carbamates (subject to hydrolysis) is 1. The van der Waals surface area contributed by atoms with E-state index in [2.05, 4.69) is 27.5 Å². The molecule has 1 aliphatic rings. The number of likely N-dealkylation sites (tertiary alicyclic amines) is 1. The van der Waals surface area contributed by atoms with Gasteiger partial charge in [0.25, 0.3) is 0 Å². The number of benzene rings is 2. The van der Waals surface area contributed by atoms with Gasteiger partial charge in [0.2, 0.25) is 0 Å². The van der Waals surface area contributed by atoms with Gasteiger partial charge in [0.15, 0.2) is 0 Å². The molecule has 0 aliphatic carbocycles. The molecule has 0 spiro atoms. The van der Waals surface area contributed by atoms with E-state index in [0.717, 1.165) is 39.0 Å². The Bertz CT molecular complexity index is 1490. The number of hydrogen-bond donors (Lipinski definition) is 1. The fourth-order valence-corrected chi connectivity index (χ4v) is 4.54. The van der Waals surface area contributed by atoms with Gasteiger partial charge in [-0.3, -0.25) is 0 Å². The molecule has 2 aromatic heterocycles. The van der Waals surface area contributed by atoms with E-state index in [1.165, 1.54) is 0 Å². The second-order valence-electron chi connectivity index (χ2n) is 10.9. The maximum Gasteiger partial charge on any atom is 0.410 e. The molecule has 0 saturated carbocycles. The van der Waals surface area contributed by atoms with E-state index in [9.17, 15) is 9.59 Å². The minimum atomic E-state index is -0.507. The molecule has 202 valence electrons. The molecule has 2 aromatic carbocycles. The number of aryl methyl sites for hydroxylation is 1. The maximum atomic E-state index is 12.3. The SMILES string of the molecule is Cc1cc(-c2ncnn3cc(C4CN(C(=O)OC(C)(C)C)C4)cc23)ccc1CNC(=O)OCc1ccccc1. The monoisotopic (exact) mass is 527 g/mol. The van der Waals surface area contributed by atoms with Crippen LogP contribution in [0.2, 0.25) is 0 Å². The lowest BCUT2D eigenvalue weighted by Gasteiger charge is -2.39. The highest BCUT2D eigenvalue weighted by atomic mass is 16.6. The van der Waals surface area contributed by atoms with E-state index in [1.54, 1.807) is 11.2 Å². The van der Waals surface area contributed by atoms with Crippen molar-refractivity contribution in [2.45, 2.75) is 52.4 Å². The average molecular weight is 528 g/mol. The van der Waals surface area contributed by atoms with Crippen LogP contribution in [0.15, 0.2) is 67.1 Å². The van der Waals surface area contributed by atoms with Gasteiger partial charge in [-0.05, 0) is 62.1 Å². The number of ether oxygens (including phenoxy) is 2. The molecule has 1 saturated heterocycles. The number of carbonyl (C=O) groups excluding carboxylic acids is 2. The van der Waals surface area contributed by atoms with Crippen LogP contribution in [0.25, 0.3) is 16.8 Å². The molecular weight excluding hydrogens is 494 g/mol. The van der Waals surface area contributed by atoms with Crippen molar-refractivity contribution in [2.24, 2.45) is 0 Å². The smallest absolute Gasteiger partial charge is 0.410 e. The third-order valence-electron chi connectivity index (χ3n) is 6.68. The van der Waals surface area contributed by atoms with Crippen molar-refractivity contribution >= 4 is 17.7 Å². The second kappa shape index (κ2) is 10.8. The molecule has 1 N–H and O–H groups in total. The average Bonchev–Trinajstić information content (AvgIpc) is 3.29. The molecule has 9 nitrogen and oxygen atoms in total. The summed E-state index contributed by atoms with van der Waals surface area (Å²) < 4.78 is 12.6. The highest BCUT2D eigenvalue weighted by molar-refractivity contribution is 5.78. The van der Waals surface area contributed by atoms with Gasteiger partial charge in [0, 0.05) is 37.3 Å². The number of hydrogen-bond acceptors (Lipinski definition) is 6. The Morgan fingerprint density at radius 3 is 2.56 bits per heavy atom. The molecule has 5 rings (SSSR count). The summed E-state index contributed by atoms with van der Waals surface area (Å²) in [5.41, 5.74) is 6.26. The van der Waals surface area contributed by atoms with Crippen LogP contribution in [0, 0.1) is 6.92 Å². The molecule has 0 bridgehead atoms. The fourth-order valence-electron chi connectivity index (χ4n) is 4.54. The van der Waals surface area contributed by atoms with Crippen LogP contribution in [0.1, 0.15) is 48.9 Å². The Kier molecular flexibility index (Phi) is 7.24. The van der Waals surface area contributed by atoms with Gasteiger partial charge < -0.3 is 19.7 Å². The molecule has 39 heavy (non-hydrogen) atoms. The van der Waals surface area contributed by atoms with E-state index < -0.39 is 11.7 Å². The third-order valence-corrected chi connectivity index (χ3v) is 6.68. The van der Waals surface area contributed by atoms with Crippen molar-refractivity contribution in [3.05, 3.63) is 89.4 Å². The van der Waals surface area contributed by atoms with E-state index in [4.69, 9.17) is 9.47 Å². The van der Waals surface area contributed by atoms with Crippen LogP contribution in [0.4, 0.5) is 9.59 Å². The highest BCUT2D eigenvalue weighted by Gasteiger charge is 2.35. The topological polar surface area (TPSA) is 98.1 Å². The quantitative estimate of drug-likeness (QED) is 0.357. The Balaban J connectivity index is 1.23. The summed E-state index contributed by atoms with van der Waals surface area (Å²) in [7, 11) is 0. The van der Waals surface area contributed by atoms with Crippen molar-refractivity contribution in [3.8, 4) is 11.3 Å². The molecule has 2 amide bonds. The van der Waals surface area contributed by atoms with Crippen LogP contribution in [0.3, 0.4) is 0 Å². The zero-order chi connectivity index (χ0) is 27.6. The second-order valence-corrected chi connectivity index (χ2v) is 10.9. The number of fused-ring (bicyclic) bond motifs is 1. The predicted octanol–water partition coefficient (Wildman–Crippen LogP) is 5.47. The first-order chi connectivity index (χ1) is 18.7. The minimum Gasteiger partial charge on any atom is -0.445 e. The maximum absolute atomic E-state index is 12.3. The predicted molar refractivity (Wildman–Crippen MR) is 147 cm³/mol. The van der Waals surface area contributed by atoms with Gasteiger partial charge in [-0.15, -0.1) is 0 Å². The lowest BCUT2D eigenvalue weighted by molar-refractivity contribution is 0.00819. The molecule has 1 aliphatic heterocycles. The lowest BCUT2D eigenvalue weighted by atomic mass is 9.94. The van der Waals surface area contributed by atoms with Gasteiger partial charge >= 0.3 is 12.2 Å². The van der Waals surface area contributed by atoms with Gasteiger partial charge in [-0.1, -0.05) is 42.5 Å². The Morgan fingerprint density at radius 1 is 1.08 bits per heavy atom.